The van der Waals surface area contributed by atoms with Gasteiger partial charge in [-0.2, -0.15) is 0 Å². The SMILES string of the molecule is [2H]N1CCC(Oc2cccc(C([2H])([2H])Oc3ccc(Cl)cc3F)n2)CC1. The fraction of sp³-hybridized carbons (Fsp3) is 0.353. The minimum absolute atomic E-state index is 0.0257. The second kappa shape index (κ2) is 7.62. The van der Waals surface area contributed by atoms with Gasteiger partial charge in [0.25, 0.3) is 0 Å². The van der Waals surface area contributed by atoms with Gasteiger partial charge in [0.1, 0.15) is 14.1 Å². The Kier molecular flexibility index (Phi) is 4.16. The molecule has 6 heteroatoms. The number of piperidine rings is 1. The maximum Gasteiger partial charge on any atom is 0.213 e. The Balaban J connectivity index is 1.73. The fourth-order valence-corrected chi connectivity index (χ4v) is 2.38. The van der Waals surface area contributed by atoms with Gasteiger partial charge >= 0.3 is 0 Å². The van der Waals surface area contributed by atoms with Gasteiger partial charge in [-0.25, -0.2) is 9.37 Å². The van der Waals surface area contributed by atoms with Crippen molar-refractivity contribution in [2.24, 2.45) is 0 Å². The highest BCUT2D eigenvalue weighted by atomic mass is 35.5. The summed E-state index contributed by atoms with van der Waals surface area (Å²) < 4.78 is 48.6. The number of nitrogens with zero attached hydrogens (tertiary/aromatic N) is 1. The van der Waals surface area contributed by atoms with Crippen LogP contribution in [0.1, 0.15) is 21.3 Å². The van der Waals surface area contributed by atoms with Crippen molar-refractivity contribution in [3.8, 4) is 11.6 Å². The van der Waals surface area contributed by atoms with Crippen LogP contribution in [-0.4, -0.2) is 24.2 Å². The van der Waals surface area contributed by atoms with Gasteiger partial charge in [-0.05, 0) is 50.2 Å². The third kappa shape index (κ3) is 4.56. The summed E-state index contributed by atoms with van der Waals surface area (Å²) in [5.74, 6) is -0.735. The first-order valence-corrected chi connectivity index (χ1v) is 7.73. The summed E-state index contributed by atoms with van der Waals surface area (Å²) in [6, 6.07) is 8.43. The lowest BCUT2D eigenvalue weighted by Gasteiger charge is -2.23. The topological polar surface area (TPSA) is 43.4 Å². The molecule has 1 fully saturated rings. The van der Waals surface area contributed by atoms with Crippen LogP contribution in [0.5, 0.6) is 11.6 Å². The zero-order valence-corrected chi connectivity index (χ0v) is 13.1. The zero-order chi connectivity index (χ0) is 18.7. The van der Waals surface area contributed by atoms with Crippen LogP contribution in [0, 0.1) is 5.82 Å². The molecule has 0 atom stereocenters. The minimum atomic E-state index is -2.35. The Morgan fingerprint density at radius 1 is 1.35 bits per heavy atom. The van der Waals surface area contributed by atoms with Gasteiger partial charge in [0.2, 0.25) is 5.88 Å². The van der Waals surface area contributed by atoms with E-state index in [4.69, 9.17) is 25.2 Å². The van der Waals surface area contributed by atoms with Crippen molar-refractivity contribution in [2.75, 3.05) is 13.1 Å². The molecule has 1 aromatic carbocycles. The third-order valence-corrected chi connectivity index (χ3v) is 3.62. The first kappa shape index (κ1) is 12.6. The van der Waals surface area contributed by atoms with E-state index in [-0.39, 0.29) is 28.5 Å². The fourth-order valence-electron chi connectivity index (χ4n) is 2.22. The highest BCUT2D eigenvalue weighted by Crippen LogP contribution is 2.22. The van der Waals surface area contributed by atoms with Crippen LogP contribution < -0.4 is 14.8 Å². The lowest BCUT2D eigenvalue weighted by Crippen LogP contribution is -2.34. The molecule has 0 amide bonds. The summed E-state index contributed by atoms with van der Waals surface area (Å²) in [5, 5.41) is 1.68. The number of ether oxygens (including phenoxy) is 2. The van der Waals surface area contributed by atoms with Crippen LogP contribution in [0.25, 0.3) is 0 Å². The predicted molar refractivity (Wildman–Crippen MR) is 86.5 cm³/mol. The highest BCUT2D eigenvalue weighted by molar-refractivity contribution is 6.30. The van der Waals surface area contributed by atoms with Gasteiger partial charge in [-0.1, -0.05) is 17.7 Å². The maximum atomic E-state index is 13.9. The number of halogens is 2. The van der Waals surface area contributed by atoms with E-state index in [9.17, 15) is 4.39 Å². The molecular weight excluding hydrogens is 319 g/mol. The van der Waals surface area contributed by atoms with Crippen LogP contribution in [0.4, 0.5) is 4.39 Å². The van der Waals surface area contributed by atoms with Crippen LogP contribution in [0.3, 0.4) is 0 Å². The molecule has 1 aromatic heterocycles. The number of pyridine rings is 1. The Labute approximate surface area is 143 Å². The van der Waals surface area contributed by atoms with E-state index in [1.807, 2.05) is 0 Å². The average molecular weight is 340 g/mol. The molecule has 1 aliphatic heterocycles. The molecule has 0 bridgehead atoms. The van der Waals surface area contributed by atoms with Gasteiger partial charge in [-0.3, -0.25) is 0 Å². The first-order chi connectivity index (χ1) is 12.3. The number of nitrogens with one attached hydrogen (secondary N) is 1. The average Bonchev–Trinajstić information content (AvgIpc) is 2.60. The smallest absolute Gasteiger partial charge is 0.213 e. The Morgan fingerprint density at radius 2 is 2.17 bits per heavy atom. The van der Waals surface area contributed by atoms with Crippen molar-refractivity contribution in [3.05, 3.63) is 52.9 Å². The Morgan fingerprint density at radius 3 is 2.96 bits per heavy atom. The molecule has 2 aromatic rings. The summed E-state index contributed by atoms with van der Waals surface area (Å²) in [7, 11) is 0. The number of hydrogen-bond acceptors (Lipinski definition) is 4. The largest absolute Gasteiger partial charge is 0.484 e. The molecule has 2 heterocycles. The molecule has 0 radical (unpaired) electrons. The molecule has 1 saturated heterocycles. The molecule has 23 heavy (non-hydrogen) atoms. The molecule has 4 nitrogen and oxygen atoms in total. The molecular formula is C17H18ClFN2O2. The van der Waals surface area contributed by atoms with Crippen molar-refractivity contribution in [3.63, 3.8) is 0 Å². The first-order valence-electron chi connectivity index (χ1n) is 8.80. The van der Waals surface area contributed by atoms with Crippen molar-refractivity contribution in [2.45, 2.75) is 25.5 Å². The van der Waals surface area contributed by atoms with Crippen LogP contribution in [0.2, 0.25) is 6.43 Å². The summed E-state index contributed by atoms with van der Waals surface area (Å²) in [6.07, 6.45) is 1.34. The normalized spacial score (nSPS) is 18.8. The second-order valence-electron chi connectivity index (χ2n) is 5.13. The highest BCUT2D eigenvalue weighted by Gasteiger charge is 2.15. The van der Waals surface area contributed by atoms with Crippen LogP contribution >= 0.6 is 11.6 Å². The summed E-state index contributed by atoms with van der Waals surface area (Å²) >= 11 is 5.69. The van der Waals surface area contributed by atoms with Gasteiger partial charge < -0.3 is 14.8 Å². The molecule has 122 valence electrons. The predicted octanol–water partition coefficient (Wildman–Crippen LogP) is 3.58. The Bertz CT molecular complexity index is 773. The summed E-state index contributed by atoms with van der Waals surface area (Å²) in [4.78, 5) is 4.17. The van der Waals surface area contributed by atoms with Crippen molar-refractivity contribution in [1.29, 1.82) is 0 Å². The monoisotopic (exact) mass is 339 g/mol. The number of benzene rings is 1. The summed E-state index contributed by atoms with van der Waals surface area (Å²) in [5.41, 5.74) is -0.0257. The van der Waals surface area contributed by atoms with Crippen LogP contribution in [0.15, 0.2) is 36.4 Å². The van der Waals surface area contributed by atoms with Crippen LogP contribution in [-0.2, 0) is 6.56 Å². The number of hydrogen-bond donors (Lipinski definition) is 1. The van der Waals surface area contributed by atoms with E-state index >= 15 is 0 Å². The van der Waals surface area contributed by atoms with E-state index in [1.54, 1.807) is 12.1 Å². The zero-order valence-electron chi connectivity index (χ0n) is 15.3. The van der Waals surface area contributed by atoms with Crippen molar-refractivity contribution in [1.82, 2.24) is 10.3 Å². The van der Waals surface area contributed by atoms with E-state index in [1.165, 1.54) is 23.5 Å². The van der Waals surface area contributed by atoms with Crippen molar-refractivity contribution >= 4 is 11.6 Å². The third-order valence-electron chi connectivity index (χ3n) is 3.39. The van der Waals surface area contributed by atoms with Gasteiger partial charge in [0.15, 0.2) is 11.6 Å². The van der Waals surface area contributed by atoms with E-state index in [0.29, 0.717) is 25.9 Å². The lowest BCUT2D eigenvalue weighted by molar-refractivity contribution is 0.155. The molecule has 3 rings (SSSR count). The standard InChI is InChI=1S/C17H18ClFN2O2/c18-12-4-5-16(15(19)10-12)22-11-13-2-1-3-17(21-13)23-14-6-8-20-9-7-14/h1-5,10,14,20H,6-9,11H2/i11D2/hD. The number of rotatable bonds is 5. The van der Waals surface area contributed by atoms with E-state index < -0.39 is 12.4 Å². The summed E-state index contributed by atoms with van der Waals surface area (Å²) in [6.45, 7) is -1.12. The second-order valence-corrected chi connectivity index (χ2v) is 5.56. The van der Waals surface area contributed by atoms with E-state index in [2.05, 4.69) is 4.98 Å². The molecule has 0 aliphatic carbocycles. The molecule has 1 aliphatic rings. The number of aromatic nitrogens is 1. The Hall–Kier alpha value is -1.85. The van der Waals surface area contributed by atoms with E-state index in [0.717, 1.165) is 6.07 Å². The lowest BCUT2D eigenvalue weighted by atomic mass is 10.1. The van der Waals surface area contributed by atoms with Crippen molar-refractivity contribution < 1.29 is 18.0 Å². The molecule has 0 unspecified atom stereocenters. The maximum absolute atomic E-state index is 13.9. The van der Waals surface area contributed by atoms with Gasteiger partial charge in [0.05, 0.1) is 8.44 Å². The molecule has 0 spiro atoms. The van der Waals surface area contributed by atoms with Gasteiger partial charge in [0, 0.05) is 11.1 Å². The minimum Gasteiger partial charge on any atom is -0.484 e. The van der Waals surface area contributed by atoms with Gasteiger partial charge in [-0.15, -0.1) is 0 Å². The molecule has 1 N–H and O–H groups in total. The molecule has 0 saturated carbocycles. The quantitative estimate of drug-likeness (QED) is 0.904.